The summed E-state index contributed by atoms with van der Waals surface area (Å²) >= 11 is 0. The fourth-order valence-electron chi connectivity index (χ4n) is 2.38. The standard InChI is InChI=1S/C18H13FN4O/c19-12-3-1-11(2-4-12)17-22-16-15(9-10-21-18(16)23-17)24-14-7-5-13(20)6-8-14/h1-10H,20H2,(H,21,22,23). The number of nitrogens with two attached hydrogens (primary N) is 1. The monoisotopic (exact) mass is 320 g/mol. The fraction of sp³-hybridized carbons (Fsp3) is 0. The van der Waals surface area contributed by atoms with Crippen LogP contribution in [-0.2, 0) is 0 Å². The number of aromatic amines is 1. The molecule has 24 heavy (non-hydrogen) atoms. The maximum Gasteiger partial charge on any atom is 0.181 e. The lowest BCUT2D eigenvalue weighted by Gasteiger charge is -2.06. The molecule has 118 valence electrons. The van der Waals surface area contributed by atoms with Crippen molar-refractivity contribution < 1.29 is 9.13 Å². The molecule has 0 aliphatic carbocycles. The first-order chi connectivity index (χ1) is 11.7. The van der Waals surface area contributed by atoms with Gasteiger partial charge in [0, 0.05) is 23.5 Å². The van der Waals surface area contributed by atoms with E-state index in [0.717, 1.165) is 5.56 Å². The Bertz CT molecular complexity index is 994. The SMILES string of the molecule is Nc1ccc(Oc2ccnc3nc(-c4ccc(F)cc4)[nH]c23)cc1. The van der Waals surface area contributed by atoms with Gasteiger partial charge in [-0.25, -0.2) is 14.4 Å². The molecular formula is C18H13FN4O. The van der Waals surface area contributed by atoms with Crippen molar-refractivity contribution in [2.24, 2.45) is 0 Å². The fourth-order valence-corrected chi connectivity index (χ4v) is 2.38. The predicted octanol–water partition coefficient (Wildman–Crippen LogP) is 4.14. The number of pyridine rings is 1. The van der Waals surface area contributed by atoms with E-state index >= 15 is 0 Å². The van der Waals surface area contributed by atoms with Crippen molar-refractivity contribution in [1.29, 1.82) is 0 Å². The highest BCUT2D eigenvalue weighted by molar-refractivity contribution is 5.81. The summed E-state index contributed by atoms with van der Waals surface area (Å²) < 4.78 is 19.0. The Hall–Kier alpha value is -3.41. The number of ether oxygens (including phenoxy) is 1. The van der Waals surface area contributed by atoms with E-state index < -0.39 is 0 Å². The number of benzene rings is 2. The van der Waals surface area contributed by atoms with Gasteiger partial charge in [0.15, 0.2) is 11.4 Å². The summed E-state index contributed by atoms with van der Waals surface area (Å²) in [6, 6.07) is 15.0. The van der Waals surface area contributed by atoms with Gasteiger partial charge in [-0.3, -0.25) is 0 Å². The number of fused-ring (bicyclic) bond motifs is 1. The van der Waals surface area contributed by atoms with E-state index in [1.165, 1.54) is 12.1 Å². The minimum atomic E-state index is -0.291. The Labute approximate surface area is 136 Å². The van der Waals surface area contributed by atoms with Crippen molar-refractivity contribution >= 4 is 16.9 Å². The molecule has 0 radical (unpaired) electrons. The molecule has 0 aliphatic rings. The zero-order valence-electron chi connectivity index (χ0n) is 12.5. The largest absolute Gasteiger partial charge is 0.455 e. The van der Waals surface area contributed by atoms with Gasteiger partial charge in [-0.05, 0) is 48.5 Å². The van der Waals surface area contributed by atoms with Gasteiger partial charge < -0.3 is 15.5 Å². The molecule has 2 aromatic heterocycles. The van der Waals surface area contributed by atoms with Gasteiger partial charge in [0.25, 0.3) is 0 Å². The van der Waals surface area contributed by atoms with E-state index in [4.69, 9.17) is 10.5 Å². The number of aromatic nitrogens is 3. The highest BCUT2D eigenvalue weighted by Gasteiger charge is 2.11. The van der Waals surface area contributed by atoms with Crippen molar-refractivity contribution in [3.05, 3.63) is 66.6 Å². The van der Waals surface area contributed by atoms with E-state index in [2.05, 4.69) is 15.0 Å². The Balaban J connectivity index is 1.74. The lowest BCUT2D eigenvalue weighted by atomic mass is 10.2. The van der Waals surface area contributed by atoms with Gasteiger partial charge >= 0.3 is 0 Å². The second-order valence-corrected chi connectivity index (χ2v) is 5.27. The zero-order valence-corrected chi connectivity index (χ0v) is 12.5. The zero-order chi connectivity index (χ0) is 16.5. The number of halogens is 1. The molecule has 5 nitrogen and oxygen atoms in total. The second-order valence-electron chi connectivity index (χ2n) is 5.27. The summed E-state index contributed by atoms with van der Waals surface area (Å²) in [5.41, 5.74) is 8.33. The summed E-state index contributed by atoms with van der Waals surface area (Å²) in [7, 11) is 0. The van der Waals surface area contributed by atoms with Crippen LogP contribution in [0.3, 0.4) is 0 Å². The van der Waals surface area contributed by atoms with Gasteiger partial charge in [-0.15, -0.1) is 0 Å². The molecule has 0 saturated carbocycles. The highest BCUT2D eigenvalue weighted by atomic mass is 19.1. The van der Waals surface area contributed by atoms with E-state index in [0.29, 0.717) is 34.2 Å². The summed E-state index contributed by atoms with van der Waals surface area (Å²) in [5, 5.41) is 0. The molecule has 0 unspecified atom stereocenters. The quantitative estimate of drug-likeness (QED) is 0.556. The van der Waals surface area contributed by atoms with E-state index in [-0.39, 0.29) is 5.82 Å². The van der Waals surface area contributed by atoms with E-state index in [1.54, 1.807) is 48.7 Å². The van der Waals surface area contributed by atoms with Crippen molar-refractivity contribution in [3.63, 3.8) is 0 Å². The summed E-state index contributed by atoms with van der Waals surface area (Å²) in [4.78, 5) is 11.9. The van der Waals surface area contributed by atoms with Crippen molar-refractivity contribution in [1.82, 2.24) is 15.0 Å². The van der Waals surface area contributed by atoms with Gasteiger partial charge in [0.05, 0.1) is 0 Å². The smallest absolute Gasteiger partial charge is 0.181 e. The average Bonchev–Trinajstić information content (AvgIpc) is 3.03. The molecule has 0 amide bonds. The molecule has 4 rings (SSSR count). The number of nitrogens with one attached hydrogen (secondary N) is 1. The lowest BCUT2D eigenvalue weighted by Crippen LogP contribution is -1.88. The molecule has 2 aromatic carbocycles. The van der Waals surface area contributed by atoms with Crippen molar-refractivity contribution in [3.8, 4) is 22.9 Å². The number of hydrogen-bond acceptors (Lipinski definition) is 4. The predicted molar refractivity (Wildman–Crippen MR) is 90.2 cm³/mol. The summed E-state index contributed by atoms with van der Waals surface area (Å²) in [5.74, 6) is 1.58. The van der Waals surface area contributed by atoms with Crippen LogP contribution in [0, 0.1) is 5.82 Å². The van der Waals surface area contributed by atoms with Gasteiger partial charge in [0.1, 0.15) is 22.9 Å². The highest BCUT2D eigenvalue weighted by Crippen LogP contribution is 2.29. The Morgan fingerprint density at radius 3 is 2.46 bits per heavy atom. The molecule has 0 atom stereocenters. The molecular weight excluding hydrogens is 307 g/mol. The van der Waals surface area contributed by atoms with Crippen LogP contribution in [-0.4, -0.2) is 15.0 Å². The molecule has 3 N–H and O–H groups in total. The molecule has 0 spiro atoms. The summed E-state index contributed by atoms with van der Waals surface area (Å²) in [6.07, 6.45) is 1.63. The minimum absolute atomic E-state index is 0.291. The first-order valence-corrected chi connectivity index (χ1v) is 7.33. The minimum Gasteiger partial charge on any atom is -0.455 e. The number of rotatable bonds is 3. The topological polar surface area (TPSA) is 76.8 Å². The van der Waals surface area contributed by atoms with Crippen LogP contribution in [0.1, 0.15) is 0 Å². The van der Waals surface area contributed by atoms with Gasteiger partial charge in [-0.2, -0.15) is 0 Å². The van der Waals surface area contributed by atoms with Crippen LogP contribution in [0.15, 0.2) is 60.8 Å². The van der Waals surface area contributed by atoms with E-state index in [9.17, 15) is 4.39 Å². The number of anilines is 1. The Morgan fingerprint density at radius 2 is 1.71 bits per heavy atom. The third-order valence-electron chi connectivity index (χ3n) is 3.58. The lowest BCUT2D eigenvalue weighted by molar-refractivity contribution is 0.487. The number of nitrogen functional groups attached to an aromatic ring is 1. The van der Waals surface area contributed by atoms with Gasteiger partial charge in [-0.1, -0.05) is 0 Å². The Kier molecular flexibility index (Phi) is 3.35. The van der Waals surface area contributed by atoms with Crippen LogP contribution in [0.4, 0.5) is 10.1 Å². The molecule has 2 heterocycles. The Morgan fingerprint density at radius 1 is 0.958 bits per heavy atom. The van der Waals surface area contributed by atoms with Crippen LogP contribution in [0.5, 0.6) is 11.5 Å². The first-order valence-electron chi connectivity index (χ1n) is 7.33. The number of imidazole rings is 1. The molecule has 6 heteroatoms. The molecule has 0 aliphatic heterocycles. The van der Waals surface area contributed by atoms with Crippen molar-refractivity contribution in [2.45, 2.75) is 0 Å². The third kappa shape index (κ3) is 2.65. The molecule has 0 saturated heterocycles. The third-order valence-corrected chi connectivity index (χ3v) is 3.58. The van der Waals surface area contributed by atoms with Crippen LogP contribution in [0.2, 0.25) is 0 Å². The first kappa shape index (κ1) is 14.2. The maximum atomic E-state index is 13.1. The maximum absolute atomic E-state index is 13.1. The number of nitrogens with zero attached hydrogens (tertiary/aromatic N) is 2. The average molecular weight is 320 g/mol. The summed E-state index contributed by atoms with van der Waals surface area (Å²) in [6.45, 7) is 0. The second kappa shape index (κ2) is 5.66. The van der Waals surface area contributed by atoms with Crippen molar-refractivity contribution in [2.75, 3.05) is 5.73 Å². The van der Waals surface area contributed by atoms with Crippen LogP contribution < -0.4 is 10.5 Å². The number of H-pyrrole nitrogens is 1. The normalized spacial score (nSPS) is 10.9. The molecule has 0 fully saturated rings. The number of hydrogen-bond donors (Lipinski definition) is 2. The van der Waals surface area contributed by atoms with E-state index in [1.807, 2.05) is 0 Å². The van der Waals surface area contributed by atoms with Gasteiger partial charge in [0.2, 0.25) is 0 Å². The molecule has 0 bridgehead atoms. The van der Waals surface area contributed by atoms with Crippen LogP contribution in [0.25, 0.3) is 22.6 Å². The van der Waals surface area contributed by atoms with Crippen LogP contribution >= 0.6 is 0 Å². The molecule has 4 aromatic rings.